The van der Waals surface area contributed by atoms with E-state index >= 15 is 0 Å². The van der Waals surface area contributed by atoms with Crippen molar-refractivity contribution in [3.05, 3.63) is 39.8 Å². The molecule has 2 saturated heterocycles. The number of rotatable bonds is 6. The molecule has 1 aromatic rings. The summed E-state index contributed by atoms with van der Waals surface area (Å²) in [5, 5.41) is 24.7. The number of azide groups is 1. The second-order valence-corrected chi connectivity index (χ2v) is 9.11. The number of nitrogens with one attached hydrogen (secondary N) is 1. The lowest BCUT2D eigenvalue weighted by atomic mass is 9.95. The number of phenols is 1. The highest BCUT2D eigenvalue weighted by Crippen LogP contribution is 2.50. The highest BCUT2D eigenvalue weighted by atomic mass is 32.2. The first-order valence-electron chi connectivity index (χ1n) is 8.70. The molecule has 0 spiro atoms. The van der Waals surface area contributed by atoms with Crippen LogP contribution in [0.5, 0.6) is 5.75 Å². The molecule has 4 atom stereocenters. The lowest BCUT2D eigenvalue weighted by Gasteiger charge is -2.43. The molecular formula is C17H20N6O5S. The van der Waals surface area contributed by atoms with Crippen molar-refractivity contribution >= 4 is 29.5 Å². The molecule has 29 heavy (non-hydrogen) atoms. The number of fused-ring (bicyclic) bond motifs is 1. The number of carbonyl (C=O) groups excluding carboxylic acids is 2. The predicted octanol–water partition coefficient (Wildman–Crippen LogP) is 0.834. The SMILES string of the molecule is CC1(C)SC2C(NC(=O)C(N)c3ccc(O)c(CN=[N+]=[N-])c3)C(=O)N2C1C(=O)O. The molecule has 0 saturated carbocycles. The molecule has 4 unspecified atom stereocenters. The van der Waals surface area contributed by atoms with Gasteiger partial charge in [0.05, 0.1) is 6.54 Å². The summed E-state index contributed by atoms with van der Waals surface area (Å²) >= 11 is 1.32. The number of benzene rings is 1. The molecule has 2 fully saturated rings. The van der Waals surface area contributed by atoms with Crippen LogP contribution in [0.15, 0.2) is 23.3 Å². The number of aliphatic carboxylic acids is 1. The zero-order valence-electron chi connectivity index (χ0n) is 15.6. The summed E-state index contributed by atoms with van der Waals surface area (Å²) in [5.74, 6) is -2.25. The summed E-state index contributed by atoms with van der Waals surface area (Å²) in [5.41, 5.74) is 15.1. The summed E-state index contributed by atoms with van der Waals surface area (Å²) in [6.07, 6.45) is 0. The van der Waals surface area contributed by atoms with Gasteiger partial charge in [0.1, 0.15) is 29.2 Å². The summed E-state index contributed by atoms with van der Waals surface area (Å²) < 4.78 is -0.694. The van der Waals surface area contributed by atoms with E-state index in [9.17, 15) is 24.6 Å². The van der Waals surface area contributed by atoms with Gasteiger partial charge in [-0.15, -0.1) is 11.8 Å². The van der Waals surface area contributed by atoms with Gasteiger partial charge in [-0.05, 0) is 42.6 Å². The fourth-order valence-electron chi connectivity index (χ4n) is 3.57. The topological polar surface area (TPSA) is 182 Å². The molecule has 154 valence electrons. The molecule has 0 aliphatic carbocycles. The predicted molar refractivity (Wildman–Crippen MR) is 104 cm³/mol. The number of β-lactam (4-membered cyclic amide) rings is 1. The Hall–Kier alpha value is -2.95. The molecule has 1 aromatic carbocycles. The Bertz CT molecular complexity index is 931. The van der Waals surface area contributed by atoms with E-state index in [1.807, 2.05) is 0 Å². The molecule has 3 rings (SSSR count). The fraction of sp³-hybridized carbons (Fsp3) is 0.471. The van der Waals surface area contributed by atoms with Gasteiger partial charge in [0.15, 0.2) is 0 Å². The molecule has 5 N–H and O–H groups in total. The van der Waals surface area contributed by atoms with Crippen molar-refractivity contribution in [3.8, 4) is 5.75 Å². The summed E-state index contributed by atoms with van der Waals surface area (Å²) in [4.78, 5) is 40.5. The summed E-state index contributed by atoms with van der Waals surface area (Å²) in [6, 6.07) is 1.30. The van der Waals surface area contributed by atoms with E-state index in [4.69, 9.17) is 11.3 Å². The van der Waals surface area contributed by atoms with Crippen LogP contribution in [0.25, 0.3) is 10.4 Å². The van der Waals surface area contributed by atoms with Crippen LogP contribution in [0.2, 0.25) is 0 Å². The Kier molecular flexibility index (Phi) is 5.35. The molecule has 2 aliphatic rings. The minimum absolute atomic E-state index is 0.0946. The van der Waals surface area contributed by atoms with Gasteiger partial charge in [0, 0.05) is 9.66 Å². The summed E-state index contributed by atoms with van der Waals surface area (Å²) in [7, 11) is 0. The van der Waals surface area contributed by atoms with Crippen LogP contribution in [-0.4, -0.2) is 55.1 Å². The van der Waals surface area contributed by atoms with Crippen LogP contribution >= 0.6 is 11.8 Å². The normalized spacial score (nSPS) is 25.4. The number of aromatic hydroxyl groups is 1. The maximum absolute atomic E-state index is 12.6. The first-order chi connectivity index (χ1) is 13.6. The van der Waals surface area contributed by atoms with Crippen LogP contribution in [0.1, 0.15) is 31.0 Å². The first-order valence-corrected chi connectivity index (χ1v) is 9.58. The average Bonchev–Trinajstić information content (AvgIpc) is 2.92. The number of hydrogen-bond donors (Lipinski definition) is 4. The highest BCUT2D eigenvalue weighted by Gasteiger charge is 2.64. The molecule has 12 heteroatoms. The monoisotopic (exact) mass is 420 g/mol. The Morgan fingerprint density at radius 3 is 2.79 bits per heavy atom. The minimum Gasteiger partial charge on any atom is -0.508 e. The zero-order valence-corrected chi connectivity index (χ0v) is 16.5. The van der Waals surface area contributed by atoms with Crippen LogP contribution in [-0.2, 0) is 20.9 Å². The van der Waals surface area contributed by atoms with E-state index in [0.29, 0.717) is 11.1 Å². The van der Waals surface area contributed by atoms with Crippen molar-refractivity contribution < 1.29 is 24.6 Å². The van der Waals surface area contributed by atoms with Gasteiger partial charge >= 0.3 is 5.97 Å². The smallest absolute Gasteiger partial charge is 0.327 e. The molecule has 2 aliphatic heterocycles. The van der Waals surface area contributed by atoms with E-state index in [2.05, 4.69) is 15.3 Å². The molecule has 0 radical (unpaired) electrons. The van der Waals surface area contributed by atoms with Gasteiger partial charge in [-0.25, -0.2) is 4.79 Å². The van der Waals surface area contributed by atoms with Gasteiger partial charge in [0.25, 0.3) is 0 Å². The lowest BCUT2D eigenvalue weighted by Crippen LogP contribution is -2.71. The maximum atomic E-state index is 12.6. The summed E-state index contributed by atoms with van der Waals surface area (Å²) in [6.45, 7) is 3.38. The largest absolute Gasteiger partial charge is 0.508 e. The second-order valence-electron chi connectivity index (χ2n) is 7.34. The Morgan fingerprint density at radius 2 is 2.17 bits per heavy atom. The van der Waals surface area contributed by atoms with E-state index in [0.717, 1.165) is 0 Å². The van der Waals surface area contributed by atoms with E-state index in [-0.39, 0.29) is 12.3 Å². The number of carboxylic acid groups (broad SMARTS) is 1. The first kappa shape index (κ1) is 20.8. The molecule has 2 heterocycles. The van der Waals surface area contributed by atoms with E-state index in [1.165, 1.54) is 34.9 Å². The van der Waals surface area contributed by atoms with Crippen LogP contribution in [0, 0.1) is 0 Å². The van der Waals surface area contributed by atoms with Crippen LogP contribution in [0.3, 0.4) is 0 Å². The van der Waals surface area contributed by atoms with Crippen molar-refractivity contribution in [2.24, 2.45) is 10.8 Å². The Labute approximate surface area is 169 Å². The number of nitrogens with two attached hydrogens (primary N) is 1. The maximum Gasteiger partial charge on any atom is 0.327 e. The number of phenolic OH excluding ortho intramolecular Hbond substituents is 1. The van der Waals surface area contributed by atoms with E-state index in [1.54, 1.807) is 13.8 Å². The third-order valence-electron chi connectivity index (χ3n) is 5.02. The number of carbonyl (C=O) groups is 3. The molecule has 0 bridgehead atoms. The van der Waals surface area contributed by atoms with Crippen LogP contribution < -0.4 is 11.1 Å². The number of amides is 2. The molecular weight excluding hydrogens is 400 g/mol. The zero-order chi connectivity index (χ0) is 21.5. The quantitative estimate of drug-likeness (QED) is 0.227. The molecule has 2 amide bonds. The fourth-order valence-corrected chi connectivity index (χ4v) is 5.20. The van der Waals surface area contributed by atoms with Crippen molar-refractivity contribution in [2.45, 2.75) is 48.6 Å². The second kappa shape index (κ2) is 7.47. The van der Waals surface area contributed by atoms with Gasteiger partial charge in [-0.3, -0.25) is 9.59 Å². The van der Waals surface area contributed by atoms with Crippen molar-refractivity contribution in [1.82, 2.24) is 10.2 Å². The van der Waals surface area contributed by atoms with Crippen molar-refractivity contribution in [1.29, 1.82) is 0 Å². The standard InChI is InChI=1S/C17H20N6O5S/c1-17(2)12(16(27)28)23-14(26)11(15(23)29-17)21-13(25)10(18)7-3-4-9(24)8(5-7)6-20-22-19/h3-5,10-12,15,24H,6,18H2,1-2H3,(H,21,25)(H,27,28). The van der Waals surface area contributed by atoms with Gasteiger partial charge in [0.2, 0.25) is 11.8 Å². The van der Waals surface area contributed by atoms with Crippen molar-refractivity contribution in [3.63, 3.8) is 0 Å². The lowest BCUT2D eigenvalue weighted by molar-refractivity contribution is -0.161. The van der Waals surface area contributed by atoms with Gasteiger partial charge < -0.3 is 26.2 Å². The number of carboxylic acids is 1. The minimum atomic E-state index is -1.13. The number of hydrogen-bond acceptors (Lipinski definition) is 7. The van der Waals surface area contributed by atoms with E-state index < -0.39 is 46.0 Å². The van der Waals surface area contributed by atoms with Crippen molar-refractivity contribution in [2.75, 3.05) is 0 Å². The van der Waals surface area contributed by atoms with Gasteiger partial charge in [-0.1, -0.05) is 11.2 Å². The number of thioether (sulfide) groups is 1. The third kappa shape index (κ3) is 3.57. The van der Waals surface area contributed by atoms with Gasteiger partial charge in [-0.2, -0.15) is 0 Å². The number of nitrogens with zero attached hydrogens (tertiary/aromatic N) is 4. The Morgan fingerprint density at radius 1 is 1.48 bits per heavy atom. The average molecular weight is 420 g/mol. The molecule has 11 nitrogen and oxygen atoms in total. The van der Waals surface area contributed by atoms with Crippen LogP contribution in [0.4, 0.5) is 0 Å². The molecule has 0 aromatic heterocycles. The highest BCUT2D eigenvalue weighted by molar-refractivity contribution is 8.01. The third-order valence-corrected chi connectivity index (χ3v) is 6.59. The Balaban J connectivity index is 1.72.